The number of hydrogen-bond donors (Lipinski definition) is 9. The molecule has 9 N–H and O–H groups in total. The molecule has 0 radical (unpaired) electrons. The third-order valence-corrected chi connectivity index (χ3v) is 13.3. The van der Waals surface area contributed by atoms with Crippen LogP contribution in [0.1, 0.15) is 181 Å². The Morgan fingerprint density at radius 2 is 0.946 bits per heavy atom. The molecule has 0 aromatic carbocycles. The molecule has 12 atom stereocenters. The summed E-state index contributed by atoms with van der Waals surface area (Å²) in [6, 6.07) is -0.952. The molecule has 0 saturated carbocycles. The normalized spacial score (nSPS) is 26.0. The second kappa shape index (κ2) is 45.0. The molecule has 14 heteroatoms. The second-order valence-corrected chi connectivity index (χ2v) is 19.7. The van der Waals surface area contributed by atoms with Gasteiger partial charge in [-0.2, -0.15) is 0 Å². The summed E-state index contributed by atoms with van der Waals surface area (Å²) in [4.78, 5) is 13.2. The van der Waals surface area contributed by atoms with Gasteiger partial charge in [0, 0.05) is 6.42 Å². The third-order valence-electron chi connectivity index (χ3n) is 13.3. The van der Waals surface area contributed by atoms with Crippen LogP contribution in [0.5, 0.6) is 0 Å². The molecular formula is C60H101NO13. The van der Waals surface area contributed by atoms with Crippen molar-refractivity contribution in [2.24, 2.45) is 0 Å². The fourth-order valence-electron chi connectivity index (χ4n) is 8.66. The molecule has 2 heterocycles. The van der Waals surface area contributed by atoms with Crippen molar-refractivity contribution in [3.05, 3.63) is 97.2 Å². The van der Waals surface area contributed by atoms with Gasteiger partial charge in [0.2, 0.25) is 5.91 Å². The van der Waals surface area contributed by atoms with Crippen molar-refractivity contribution in [2.45, 2.75) is 254 Å². The number of amides is 1. The van der Waals surface area contributed by atoms with Crippen LogP contribution in [0.15, 0.2) is 97.2 Å². The number of hydrogen-bond acceptors (Lipinski definition) is 13. The summed E-state index contributed by atoms with van der Waals surface area (Å²) in [7, 11) is 0. The first-order valence-electron chi connectivity index (χ1n) is 28.5. The molecule has 0 aromatic rings. The molecule has 2 saturated heterocycles. The summed E-state index contributed by atoms with van der Waals surface area (Å²) in [6.07, 6.45) is 44.4. The molecular weight excluding hydrogens is 943 g/mol. The summed E-state index contributed by atoms with van der Waals surface area (Å²) in [6.45, 7) is 2.63. The number of aliphatic hydroxyl groups excluding tert-OH is 8. The predicted molar refractivity (Wildman–Crippen MR) is 295 cm³/mol. The van der Waals surface area contributed by atoms with Crippen LogP contribution in [0.25, 0.3) is 0 Å². The zero-order valence-corrected chi connectivity index (χ0v) is 45.3. The van der Waals surface area contributed by atoms with Gasteiger partial charge in [-0.1, -0.05) is 188 Å². The molecule has 0 aromatic heterocycles. The maximum Gasteiger partial charge on any atom is 0.220 e. The predicted octanol–water partition coefficient (Wildman–Crippen LogP) is 9.10. The highest BCUT2D eigenvalue weighted by molar-refractivity contribution is 5.76. The molecule has 1 amide bonds. The van der Waals surface area contributed by atoms with Crippen LogP contribution in [0.2, 0.25) is 0 Å². The highest BCUT2D eigenvalue weighted by Gasteiger charge is 2.51. The molecule has 0 aliphatic carbocycles. The smallest absolute Gasteiger partial charge is 0.220 e. The molecule has 2 rings (SSSR count). The van der Waals surface area contributed by atoms with Crippen LogP contribution in [-0.4, -0.2) is 140 Å². The summed E-state index contributed by atoms with van der Waals surface area (Å²) in [5.74, 6) is -0.278. The Kier molecular flexibility index (Phi) is 40.7. The standard InChI is InChI=1S/C60H101NO13/c1-3-5-7-9-11-13-15-17-19-21-22-23-24-25-26-28-30-32-34-36-38-40-42-44-52(65)61-48(49(64)43-41-39-37-35-33-31-29-27-20-18-16-14-12-10-8-6-4-2)47-71-59-57(70)55(68)58(51(46-63)73-59)74-60-56(69)54(67)53(66)50(45-62)72-60/h5,7,11,13,17,19,22-23,25-26,30,32-33,35,41,43,48-51,53-60,62-64,66-70H,3-4,6,8-10,12,14-16,18,20-21,24,27-29,31,34,36-40,42,44-47H2,1-2H3,(H,61,65)/b7-5-,13-11-,19-17-,23-22-,26-25-,32-30-,35-33+,43-41+. The molecule has 74 heavy (non-hydrogen) atoms. The van der Waals surface area contributed by atoms with Gasteiger partial charge < -0.3 is 65.1 Å². The van der Waals surface area contributed by atoms with Gasteiger partial charge in [0.05, 0.1) is 32.0 Å². The van der Waals surface area contributed by atoms with Crippen molar-refractivity contribution in [1.29, 1.82) is 0 Å². The van der Waals surface area contributed by atoms with E-state index in [1.165, 1.54) is 70.6 Å². The molecule has 2 aliphatic heterocycles. The quantitative estimate of drug-likeness (QED) is 0.0205. The number of ether oxygens (including phenoxy) is 4. The molecule has 424 valence electrons. The van der Waals surface area contributed by atoms with Crippen molar-refractivity contribution in [2.75, 3.05) is 19.8 Å². The van der Waals surface area contributed by atoms with E-state index in [1.54, 1.807) is 6.08 Å². The lowest BCUT2D eigenvalue weighted by Gasteiger charge is -2.46. The van der Waals surface area contributed by atoms with Gasteiger partial charge in [-0.05, 0) is 83.5 Å². The molecule has 0 spiro atoms. The van der Waals surface area contributed by atoms with Gasteiger partial charge in [0.1, 0.15) is 48.8 Å². The lowest BCUT2D eigenvalue weighted by molar-refractivity contribution is -0.359. The van der Waals surface area contributed by atoms with E-state index in [-0.39, 0.29) is 18.9 Å². The van der Waals surface area contributed by atoms with Gasteiger partial charge in [-0.15, -0.1) is 0 Å². The Morgan fingerprint density at radius 1 is 0.500 bits per heavy atom. The van der Waals surface area contributed by atoms with Crippen LogP contribution in [0, 0.1) is 0 Å². The van der Waals surface area contributed by atoms with Crippen molar-refractivity contribution in [3.63, 3.8) is 0 Å². The Hall–Kier alpha value is -3.09. The summed E-state index contributed by atoms with van der Waals surface area (Å²) in [5, 5.41) is 87.0. The summed E-state index contributed by atoms with van der Waals surface area (Å²) in [5.41, 5.74) is 0. The van der Waals surface area contributed by atoms with E-state index < -0.39 is 86.8 Å². The van der Waals surface area contributed by atoms with E-state index in [9.17, 15) is 45.6 Å². The van der Waals surface area contributed by atoms with Gasteiger partial charge in [0.25, 0.3) is 0 Å². The van der Waals surface area contributed by atoms with Crippen molar-refractivity contribution in [1.82, 2.24) is 5.32 Å². The van der Waals surface area contributed by atoms with Crippen molar-refractivity contribution < 1.29 is 64.6 Å². The maximum absolute atomic E-state index is 13.2. The minimum Gasteiger partial charge on any atom is -0.394 e. The number of carbonyl (C=O) groups is 1. The number of nitrogens with one attached hydrogen (secondary N) is 1. The van der Waals surface area contributed by atoms with Gasteiger partial charge in [0.15, 0.2) is 12.6 Å². The minimum absolute atomic E-state index is 0.238. The van der Waals surface area contributed by atoms with Crippen LogP contribution < -0.4 is 5.32 Å². The zero-order chi connectivity index (χ0) is 53.9. The van der Waals surface area contributed by atoms with Crippen LogP contribution in [-0.2, 0) is 23.7 Å². The SMILES string of the molecule is CC/C=C\C/C=C\C/C=C\C/C=C\C/C=C\C/C=C\CCCCCCC(=O)NC(COC1OC(CO)C(OC2OC(CO)C(O)C(O)C2O)C(O)C1O)C(O)/C=C/CC/C=C/CCCCCCCCCCCCC. The Labute approximate surface area is 445 Å². The van der Waals surface area contributed by atoms with Crippen molar-refractivity contribution in [3.8, 4) is 0 Å². The van der Waals surface area contributed by atoms with Gasteiger partial charge in [-0.25, -0.2) is 0 Å². The van der Waals surface area contributed by atoms with E-state index >= 15 is 0 Å². The van der Waals surface area contributed by atoms with E-state index in [4.69, 9.17) is 18.9 Å². The number of rotatable bonds is 43. The highest BCUT2D eigenvalue weighted by atomic mass is 16.7. The van der Waals surface area contributed by atoms with Crippen molar-refractivity contribution >= 4 is 5.91 Å². The maximum atomic E-state index is 13.2. The fraction of sp³-hybridized carbons (Fsp3) is 0.717. The average Bonchev–Trinajstić information content (AvgIpc) is 3.40. The topological polar surface area (TPSA) is 228 Å². The van der Waals surface area contributed by atoms with Gasteiger partial charge in [-0.3, -0.25) is 4.79 Å². The molecule has 12 unspecified atom stereocenters. The summed E-state index contributed by atoms with van der Waals surface area (Å²) >= 11 is 0. The lowest BCUT2D eigenvalue weighted by Crippen LogP contribution is -2.65. The Balaban J connectivity index is 1.83. The van der Waals surface area contributed by atoms with E-state index in [2.05, 4.69) is 104 Å². The van der Waals surface area contributed by atoms with Crippen LogP contribution >= 0.6 is 0 Å². The number of allylic oxidation sites excluding steroid dienone is 15. The first-order chi connectivity index (χ1) is 36.1. The minimum atomic E-state index is -1.80. The van der Waals surface area contributed by atoms with E-state index in [1.807, 2.05) is 6.08 Å². The Morgan fingerprint density at radius 3 is 1.49 bits per heavy atom. The first-order valence-corrected chi connectivity index (χ1v) is 28.5. The molecule has 14 nitrogen and oxygen atoms in total. The molecule has 2 aliphatic rings. The highest BCUT2D eigenvalue weighted by Crippen LogP contribution is 2.30. The van der Waals surface area contributed by atoms with Crippen LogP contribution in [0.4, 0.5) is 0 Å². The first kappa shape index (κ1) is 67.0. The van der Waals surface area contributed by atoms with Gasteiger partial charge >= 0.3 is 0 Å². The third kappa shape index (κ3) is 30.6. The largest absolute Gasteiger partial charge is 0.394 e. The number of unbranched alkanes of at least 4 members (excludes halogenated alkanes) is 16. The summed E-state index contributed by atoms with van der Waals surface area (Å²) < 4.78 is 22.7. The second-order valence-electron chi connectivity index (χ2n) is 19.7. The number of aliphatic hydroxyl groups is 8. The molecule has 0 bridgehead atoms. The number of carbonyl (C=O) groups excluding carboxylic acids is 1. The zero-order valence-electron chi connectivity index (χ0n) is 45.3. The average molecular weight is 1040 g/mol. The monoisotopic (exact) mass is 1040 g/mol. The Bertz CT molecular complexity index is 1610. The fourth-order valence-corrected chi connectivity index (χ4v) is 8.66. The lowest BCUT2D eigenvalue weighted by atomic mass is 9.97. The van der Waals surface area contributed by atoms with E-state index in [0.717, 1.165) is 77.0 Å². The van der Waals surface area contributed by atoms with Crippen LogP contribution in [0.3, 0.4) is 0 Å². The van der Waals surface area contributed by atoms with E-state index in [0.29, 0.717) is 12.8 Å². The molecule has 2 fully saturated rings.